The number of rotatable bonds is 3. The highest BCUT2D eigenvalue weighted by molar-refractivity contribution is 5.84. The lowest BCUT2D eigenvalue weighted by molar-refractivity contribution is -0.105. The molecule has 0 unspecified atom stereocenters. The molecule has 0 aromatic heterocycles. The lowest BCUT2D eigenvalue weighted by Crippen LogP contribution is -2.04. The van der Waals surface area contributed by atoms with Crippen LogP contribution in [0.2, 0.25) is 0 Å². The van der Waals surface area contributed by atoms with Crippen molar-refractivity contribution in [1.29, 1.82) is 0 Å². The number of carbonyl (C=O) groups excluding carboxylic acids is 1. The molecular formula is C10H11NO2. The van der Waals surface area contributed by atoms with Crippen LogP contribution in [0.1, 0.15) is 5.56 Å². The molecule has 0 saturated carbocycles. The fraction of sp³-hybridized carbons (Fsp3) is 0.100. The first-order valence-electron chi connectivity index (χ1n) is 3.84. The predicted octanol–water partition coefficient (Wildman–Crippen LogP) is 1.16. The number of ether oxygens (including phenoxy) is 1. The number of hydrogen-bond donors (Lipinski definition) is 1. The quantitative estimate of drug-likeness (QED) is 0.428. The summed E-state index contributed by atoms with van der Waals surface area (Å²) in [6.45, 7) is 0. The summed E-state index contributed by atoms with van der Waals surface area (Å²) in [5.41, 5.74) is 6.35. The number of nitrogens with two attached hydrogens (primary N) is 1. The Morgan fingerprint density at radius 2 is 2.00 bits per heavy atom. The first-order chi connectivity index (χ1) is 6.29. The molecule has 0 amide bonds. The van der Waals surface area contributed by atoms with Crippen LogP contribution in [0, 0.1) is 0 Å². The molecule has 3 heteroatoms. The normalized spacial score (nSPS) is 11.8. The summed E-state index contributed by atoms with van der Waals surface area (Å²) in [5.74, 6) is 0.413. The van der Waals surface area contributed by atoms with E-state index in [4.69, 9.17) is 10.5 Å². The van der Waals surface area contributed by atoms with Crippen molar-refractivity contribution in [3.05, 3.63) is 41.6 Å². The van der Waals surface area contributed by atoms with Crippen LogP contribution in [0.25, 0.3) is 5.76 Å². The van der Waals surface area contributed by atoms with Crippen molar-refractivity contribution < 1.29 is 9.53 Å². The van der Waals surface area contributed by atoms with Crippen LogP contribution in [-0.2, 0) is 9.53 Å². The average molecular weight is 177 g/mol. The van der Waals surface area contributed by atoms with Gasteiger partial charge in [0.25, 0.3) is 0 Å². The smallest absolute Gasteiger partial charge is 0.169 e. The fourth-order valence-corrected chi connectivity index (χ4v) is 1.05. The lowest BCUT2D eigenvalue weighted by atomic mass is 10.1. The minimum absolute atomic E-state index is 0.105. The molecule has 0 aliphatic rings. The molecule has 13 heavy (non-hydrogen) atoms. The van der Waals surface area contributed by atoms with E-state index in [0.29, 0.717) is 12.0 Å². The second-order valence-corrected chi connectivity index (χ2v) is 2.47. The van der Waals surface area contributed by atoms with Gasteiger partial charge < -0.3 is 10.5 Å². The van der Waals surface area contributed by atoms with Crippen LogP contribution >= 0.6 is 0 Å². The molecule has 0 aliphatic carbocycles. The predicted molar refractivity (Wildman–Crippen MR) is 50.6 cm³/mol. The van der Waals surface area contributed by atoms with Gasteiger partial charge in [-0.05, 0) is 0 Å². The standard InChI is InChI=1S/C10H11NO2/c1-13-10(9(11)7-12)8-5-3-2-4-6-8/h2-7H,11H2,1H3/b10-9-. The monoisotopic (exact) mass is 177 g/mol. The van der Waals surface area contributed by atoms with Gasteiger partial charge in [0.15, 0.2) is 12.0 Å². The van der Waals surface area contributed by atoms with Gasteiger partial charge in [-0.1, -0.05) is 30.3 Å². The molecule has 3 nitrogen and oxygen atoms in total. The van der Waals surface area contributed by atoms with Crippen molar-refractivity contribution in [3.8, 4) is 0 Å². The molecule has 0 heterocycles. The summed E-state index contributed by atoms with van der Waals surface area (Å²) < 4.78 is 5.01. The highest BCUT2D eigenvalue weighted by Crippen LogP contribution is 2.15. The van der Waals surface area contributed by atoms with E-state index in [-0.39, 0.29) is 5.70 Å². The summed E-state index contributed by atoms with van der Waals surface area (Å²) in [6, 6.07) is 9.25. The Morgan fingerprint density at radius 1 is 1.38 bits per heavy atom. The molecule has 0 atom stereocenters. The van der Waals surface area contributed by atoms with Crippen molar-refractivity contribution in [2.24, 2.45) is 5.73 Å². The number of allylic oxidation sites excluding steroid dienone is 1. The highest BCUT2D eigenvalue weighted by Gasteiger charge is 2.04. The largest absolute Gasteiger partial charge is 0.494 e. The first-order valence-corrected chi connectivity index (χ1v) is 3.84. The zero-order valence-corrected chi connectivity index (χ0v) is 7.36. The van der Waals surface area contributed by atoms with E-state index in [2.05, 4.69) is 0 Å². The third-order valence-electron chi connectivity index (χ3n) is 1.63. The fourth-order valence-electron chi connectivity index (χ4n) is 1.05. The zero-order valence-electron chi connectivity index (χ0n) is 7.36. The summed E-state index contributed by atoms with van der Waals surface area (Å²) >= 11 is 0. The Morgan fingerprint density at radius 3 is 2.46 bits per heavy atom. The van der Waals surface area contributed by atoms with Gasteiger partial charge in [-0.3, -0.25) is 4.79 Å². The van der Waals surface area contributed by atoms with Crippen LogP contribution in [0.15, 0.2) is 36.0 Å². The topological polar surface area (TPSA) is 52.3 Å². The lowest BCUT2D eigenvalue weighted by Gasteiger charge is -2.06. The van der Waals surface area contributed by atoms with E-state index in [1.165, 1.54) is 7.11 Å². The van der Waals surface area contributed by atoms with Crippen LogP contribution < -0.4 is 5.73 Å². The van der Waals surface area contributed by atoms with Crippen molar-refractivity contribution in [3.63, 3.8) is 0 Å². The first kappa shape index (κ1) is 9.32. The van der Waals surface area contributed by atoms with Gasteiger partial charge in [0.1, 0.15) is 5.70 Å². The van der Waals surface area contributed by atoms with Gasteiger partial charge in [-0.15, -0.1) is 0 Å². The van der Waals surface area contributed by atoms with Gasteiger partial charge in [0, 0.05) is 5.56 Å². The molecule has 68 valence electrons. The molecule has 0 fully saturated rings. The number of aldehydes is 1. The van der Waals surface area contributed by atoms with E-state index >= 15 is 0 Å². The van der Waals surface area contributed by atoms with Gasteiger partial charge in [-0.25, -0.2) is 0 Å². The Hall–Kier alpha value is -1.77. The Bertz CT molecular complexity index is 317. The minimum Gasteiger partial charge on any atom is -0.494 e. The van der Waals surface area contributed by atoms with E-state index in [1.807, 2.05) is 30.3 Å². The molecule has 0 aliphatic heterocycles. The van der Waals surface area contributed by atoms with Crippen LogP contribution in [0.5, 0.6) is 0 Å². The molecule has 1 aromatic carbocycles. The van der Waals surface area contributed by atoms with Gasteiger partial charge >= 0.3 is 0 Å². The minimum atomic E-state index is 0.105. The Balaban J connectivity index is 3.12. The number of methoxy groups -OCH3 is 1. The van der Waals surface area contributed by atoms with E-state index < -0.39 is 0 Å². The second-order valence-electron chi connectivity index (χ2n) is 2.47. The third-order valence-corrected chi connectivity index (χ3v) is 1.63. The van der Waals surface area contributed by atoms with Crippen LogP contribution in [0.4, 0.5) is 0 Å². The van der Waals surface area contributed by atoms with Crippen molar-refractivity contribution in [2.45, 2.75) is 0 Å². The maximum atomic E-state index is 10.4. The summed E-state index contributed by atoms with van der Waals surface area (Å²) in [7, 11) is 1.48. The molecular weight excluding hydrogens is 166 g/mol. The Kier molecular flexibility index (Phi) is 3.09. The Labute approximate surface area is 76.8 Å². The summed E-state index contributed by atoms with van der Waals surface area (Å²) in [4.78, 5) is 10.4. The number of hydrogen-bond acceptors (Lipinski definition) is 3. The highest BCUT2D eigenvalue weighted by atomic mass is 16.5. The average Bonchev–Trinajstić information content (AvgIpc) is 2.20. The maximum Gasteiger partial charge on any atom is 0.169 e. The van der Waals surface area contributed by atoms with Crippen molar-refractivity contribution in [2.75, 3.05) is 7.11 Å². The van der Waals surface area contributed by atoms with Crippen LogP contribution in [-0.4, -0.2) is 13.4 Å². The van der Waals surface area contributed by atoms with Gasteiger partial charge in [0.2, 0.25) is 0 Å². The van der Waals surface area contributed by atoms with E-state index in [1.54, 1.807) is 0 Å². The summed E-state index contributed by atoms with van der Waals surface area (Å²) in [5, 5.41) is 0. The molecule has 0 saturated heterocycles. The van der Waals surface area contributed by atoms with Crippen molar-refractivity contribution >= 4 is 12.0 Å². The zero-order chi connectivity index (χ0) is 9.68. The molecule has 1 aromatic rings. The SMILES string of the molecule is CO/C(=C(\N)C=O)c1ccccc1. The molecule has 0 spiro atoms. The molecule has 0 bridgehead atoms. The second kappa shape index (κ2) is 4.30. The van der Waals surface area contributed by atoms with Crippen molar-refractivity contribution in [1.82, 2.24) is 0 Å². The summed E-state index contributed by atoms with van der Waals surface area (Å²) in [6.07, 6.45) is 0.575. The van der Waals surface area contributed by atoms with Gasteiger partial charge in [0.05, 0.1) is 7.11 Å². The maximum absolute atomic E-state index is 10.4. The van der Waals surface area contributed by atoms with Gasteiger partial charge in [-0.2, -0.15) is 0 Å². The van der Waals surface area contributed by atoms with Crippen LogP contribution in [0.3, 0.4) is 0 Å². The molecule has 0 radical (unpaired) electrons. The van der Waals surface area contributed by atoms with E-state index in [9.17, 15) is 4.79 Å². The number of carbonyl (C=O) groups is 1. The molecule has 2 N–H and O–H groups in total. The number of benzene rings is 1. The van der Waals surface area contributed by atoms with E-state index in [0.717, 1.165) is 5.56 Å². The molecule has 1 rings (SSSR count). The third kappa shape index (κ3) is 2.08.